The third-order valence-corrected chi connectivity index (χ3v) is 7.75. The standard InChI is InChI=1S/C23H27N5O5S/c24-22(30)16-5-9-18(10-6-16)34(32,33)28-13-11-27(12-14-28)15-21(29)26-20-4-2-1-3-19(20)23(31)25-17-7-8-17/h1-6,9-10,17H,7-8,11-15H2,(H2,24,30)(H,25,31)(H,26,29). The first-order chi connectivity index (χ1) is 16.2. The molecule has 0 bridgehead atoms. The molecule has 10 nitrogen and oxygen atoms in total. The van der Waals surface area contributed by atoms with Crippen molar-refractivity contribution in [3.8, 4) is 0 Å². The quantitative estimate of drug-likeness (QED) is 0.501. The minimum absolute atomic E-state index is 0.0831. The number of piperazine rings is 1. The smallest absolute Gasteiger partial charge is 0.253 e. The normalized spacial score (nSPS) is 17.2. The Labute approximate surface area is 198 Å². The lowest BCUT2D eigenvalue weighted by Crippen LogP contribution is -2.50. The van der Waals surface area contributed by atoms with Crippen molar-refractivity contribution >= 4 is 33.4 Å². The number of benzene rings is 2. The maximum Gasteiger partial charge on any atom is 0.253 e. The Hall–Kier alpha value is -3.28. The van der Waals surface area contributed by atoms with E-state index >= 15 is 0 Å². The van der Waals surface area contributed by atoms with Crippen molar-refractivity contribution in [1.82, 2.24) is 14.5 Å². The van der Waals surface area contributed by atoms with Crippen LogP contribution in [0.25, 0.3) is 0 Å². The van der Waals surface area contributed by atoms with Crippen molar-refractivity contribution < 1.29 is 22.8 Å². The van der Waals surface area contributed by atoms with E-state index in [0.29, 0.717) is 24.3 Å². The van der Waals surface area contributed by atoms with Gasteiger partial charge >= 0.3 is 0 Å². The van der Waals surface area contributed by atoms with Gasteiger partial charge in [-0.2, -0.15) is 4.31 Å². The minimum Gasteiger partial charge on any atom is -0.366 e. The second kappa shape index (κ2) is 9.92. The van der Waals surface area contributed by atoms with Crippen molar-refractivity contribution in [3.63, 3.8) is 0 Å². The fourth-order valence-electron chi connectivity index (χ4n) is 3.74. The van der Waals surface area contributed by atoms with Gasteiger partial charge in [-0.3, -0.25) is 19.3 Å². The van der Waals surface area contributed by atoms with E-state index in [4.69, 9.17) is 5.73 Å². The molecule has 1 aliphatic heterocycles. The fourth-order valence-corrected chi connectivity index (χ4v) is 5.16. The molecular weight excluding hydrogens is 458 g/mol. The zero-order valence-electron chi connectivity index (χ0n) is 18.6. The summed E-state index contributed by atoms with van der Waals surface area (Å²) in [5.74, 6) is -1.10. The molecule has 0 aromatic heterocycles. The molecule has 1 heterocycles. The Balaban J connectivity index is 1.31. The summed E-state index contributed by atoms with van der Waals surface area (Å²) in [6.45, 7) is 1.31. The van der Waals surface area contributed by atoms with Gasteiger partial charge in [0, 0.05) is 37.8 Å². The molecule has 180 valence electrons. The number of carbonyl (C=O) groups excluding carboxylic acids is 3. The molecular formula is C23H27N5O5S. The average molecular weight is 486 g/mol. The van der Waals surface area contributed by atoms with Gasteiger partial charge in [-0.15, -0.1) is 0 Å². The number of para-hydroxylation sites is 1. The predicted octanol–water partition coefficient (Wildman–Crippen LogP) is 0.623. The molecule has 0 unspecified atom stereocenters. The van der Waals surface area contributed by atoms with Gasteiger partial charge in [-0.05, 0) is 49.2 Å². The number of carbonyl (C=O) groups is 3. The molecule has 1 saturated carbocycles. The van der Waals surface area contributed by atoms with Gasteiger partial charge in [0.05, 0.1) is 22.7 Å². The van der Waals surface area contributed by atoms with Gasteiger partial charge in [-0.1, -0.05) is 12.1 Å². The highest BCUT2D eigenvalue weighted by atomic mass is 32.2. The van der Waals surface area contributed by atoms with Crippen LogP contribution >= 0.6 is 0 Å². The number of amides is 3. The van der Waals surface area contributed by atoms with E-state index in [1.54, 1.807) is 24.3 Å². The topological polar surface area (TPSA) is 142 Å². The van der Waals surface area contributed by atoms with Crippen molar-refractivity contribution in [3.05, 3.63) is 59.7 Å². The number of anilines is 1. The monoisotopic (exact) mass is 485 g/mol. The lowest BCUT2D eigenvalue weighted by atomic mass is 10.1. The van der Waals surface area contributed by atoms with Crippen LogP contribution in [0.5, 0.6) is 0 Å². The Morgan fingerprint density at radius 1 is 0.941 bits per heavy atom. The summed E-state index contributed by atoms with van der Waals surface area (Å²) >= 11 is 0. The first-order valence-corrected chi connectivity index (χ1v) is 12.5. The van der Waals surface area contributed by atoms with E-state index in [1.165, 1.54) is 28.6 Å². The third kappa shape index (κ3) is 5.61. The Bertz CT molecular complexity index is 1190. The number of sulfonamides is 1. The van der Waals surface area contributed by atoms with E-state index in [-0.39, 0.29) is 47.9 Å². The van der Waals surface area contributed by atoms with Gasteiger partial charge in [0.15, 0.2) is 0 Å². The average Bonchev–Trinajstić information content (AvgIpc) is 3.63. The van der Waals surface area contributed by atoms with Crippen molar-refractivity contribution in [2.24, 2.45) is 5.73 Å². The first-order valence-electron chi connectivity index (χ1n) is 11.1. The van der Waals surface area contributed by atoms with Gasteiger partial charge in [0.25, 0.3) is 5.91 Å². The van der Waals surface area contributed by atoms with E-state index in [2.05, 4.69) is 10.6 Å². The Kier molecular flexibility index (Phi) is 6.96. The second-order valence-corrected chi connectivity index (χ2v) is 10.3. The summed E-state index contributed by atoms with van der Waals surface area (Å²) in [6, 6.07) is 12.6. The summed E-state index contributed by atoms with van der Waals surface area (Å²) in [5, 5.41) is 5.72. The lowest BCUT2D eigenvalue weighted by molar-refractivity contribution is -0.117. The molecule has 2 aromatic carbocycles. The minimum atomic E-state index is -3.72. The van der Waals surface area contributed by atoms with Crippen LogP contribution in [0.2, 0.25) is 0 Å². The van der Waals surface area contributed by atoms with Crippen LogP contribution in [-0.4, -0.2) is 74.1 Å². The maximum atomic E-state index is 12.9. The lowest BCUT2D eigenvalue weighted by Gasteiger charge is -2.33. The zero-order valence-corrected chi connectivity index (χ0v) is 19.4. The van der Waals surface area contributed by atoms with E-state index in [9.17, 15) is 22.8 Å². The third-order valence-electron chi connectivity index (χ3n) is 5.83. The van der Waals surface area contributed by atoms with Crippen LogP contribution < -0.4 is 16.4 Å². The fraction of sp³-hybridized carbons (Fsp3) is 0.348. The molecule has 0 atom stereocenters. The molecule has 3 amide bonds. The second-order valence-electron chi connectivity index (χ2n) is 8.41. The predicted molar refractivity (Wildman–Crippen MR) is 126 cm³/mol. The van der Waals surface area contributed by atoms with Crippen LogP contribution in [0.15, 0.2) is 53.4 Å². The molecule has 2 aliphatic rings. The number of nitrogens with zero attached hydrogens (tertiary/aromatic N) is 2. The zero-order chi connectivity index (χ0) is 24.3. The maximum absolute atomic E-state index is 12.9. The number of hydrogen-bond acceptors (Lipinski definition) is 6. The summed E-state index contributed by atoms with van der Waals surface area (Å²) in [6.07, 6.45) is 1.95. The number of rotatable bonds is 8. The number of primary amides is 1. The van der Waals surface area contributed by atoms with Crippen LogP contribution in [0.4, 0.5) is 5.69 Å². The Morgan fingerprint density at radius 2 is 1.59 bits per heavy atom. The van der Waals surface area contributed by atoms with Gasteiger partial charge < -0.3 is 16.4 Å². The van der Waals surface area contributed by atoms with Gasteiger partial charge in [0.2, 0.25) is 21.8 Å². The number of hydrogen-bond donors (Lipinski definition) is 3. The number of nitrogens with one attached hydrogen (secondary N) is 2. The van der Waals surface area contributed by atoms with Crippen molar-refractivity contribution in [2.45, 2.75) is 23.8 Å². The molecule has 4 N–H and O–H groups in total. The summed E-state index contributed by atoms with van der Waals surface area (Å²) < 4.78 is 27.1. The molecule has 0 radical (unpaired) electrons. The van der Waals surface area contributed by atoms with E-state index in [1.807, 2.05) is 4.90 Å². The summed E-state index contributed by atoms with van der Waals surface area (Å²) in [7, 11) is -3.72. The highest BCUT2D eigenvalue weighted by molar-refractivity contribution is 7.89. The number of nitrogens with two attached hydrogens (primary N) is 1. The molecule has 1 saturated heterocycles. The summed E-state index contributed by atoms with van der Waals surface area (Å²) in [5.41, 5.74) is 6.31. The molecule has 2 aromatic rings. The molecule has 2 fully saturated rings. The van der Waals surface area contributed by atoms with Crippen LogP contribution in [-0.2, 0) is 14.8 Å². The molecule has 34 heavy (non-hydrogen) atoms. The van der Waals surface area contributed by atoms with Gasteiger partial charge in [0.1, 0.15) is 0 Å². The highest BCUT2D eigenvalue weighted by Crippen LogP contribution is 2.22. The summed E-state index contributed by atoms with van der Waals surface area (Å²) in [4.78, 5) is 38.2. The molecule has 11 heteroatoms. The van der Waals surface area contributed by atoms with Gasteiger partial charge in [-0.25, -0.2) is 8.42 Å². The van der Waals surface area contributed by atoms with Crippen LogP contribution in [0, 0.1) is 0 Å². The molecule has 0 spiro atoms. The Morgan fingerprint density at radius 3 is 2.21 bits per heavy atom. The molecule has 1 aliphatic carbocycles. The molecule has 4 rings (SSSR count). The van der Waals surface area contributed by atoms with Crippen molar-refractivity contribution in [2.75, 3.05) is 38.0 Å². The SMILES string of the molecule is NC(=O)c1ccc(S(=O)(=O)N2CCN(CC(=O)Nc3ccccc3C(=O)NC3CC3)CC2)cc1. The van der Waals surface area contributed by atoms with Crippen LogP contribution in [0.3, 0.4) is 0 Å². The highest BCUT2D eigenvalue weighted by Gasteiger charge is 2.29. The first kappa shape index (κ1) is 23.9. The van der Waals surface area contributed by atoms with E-state index < -0.39 is 15.9 Å². The van der Waals surface area contributed by atoms with E-state index in [0.717, 1.165) is 12.8 Å². The largest absolute Gasteiger partial charge is 0.366 e. The van der Waals surface area contributed by atoms with Crippen molar-refractivity contribution in [1.29, 1.82) is 0 Å². The van der Waals surface area contributed by atoms with Crippen LogP contribution in [0.1, 0.15) is 33.6 Å².